The topological polar surface area (TPSA) is 79.2 Å². The van der Waals surface area contributed by atoms with Crippen LogP contribution in [0.25, 0.3) is 0 Å². The molecule has 4 aliphatic carbocycles. The molecule has 4 fully saturated rings. The molecule has 4 bridgehead atoms. The first-order valence-electron chi connectivity index (χ1n) is 11.0. The van der Waals surface area contributed by atoms with Gasteiger partial charge in [-0.3, -0.25) is 9.59 Å². The summed E-state index contributed by atoms with van der Waals surface area (Å²) in [5, 5.41) is 11.9. The number of nitrogens with one attached hydrogen (secondary N) is 1. The third-order valence-electron chi connectivity index (χ3n) is 7.54. The van der Waals surface area contributed by atoms with Crippen LogP contribution in [0.1, 0.15) is 49.7 Å². The number of amides is 1. The second-order valence-electron chi connectivity index (χ2n) is 9.67. The molecule has 4 saturated carbocycles. The van der Waals surface area contributed by atoms with Gasteiger partial charge < -0.3 is 10.1 Å². The van der Waals surface area contributed by atoms with E-state index in [1.807, 2.05) is 6.07 Å². The molecule has 4 aliphatic rings. The zero-order chi connectivity index (χ0) is 21.5. The van der Waals surface area contributed by atoms with Gasteiger partial charge in [-0.15, -0.1) is 0 Å². The zero-order valence-corrected chi connectivity index (χ0v) is 17.5. The Hall–Kier alpha value is -3.13. The van der Waals surface area contributed by atoms with Crippen LogP contribution in [0.5, 0.6) is 0 Å². The van der Waals surface area contributed by atoms with Crippen molar-refractivity contribution in [3.63, 3.8) is 0 Å². The van der Waals surface area contributed by atoms with Gasteiger partial charge in [-0.25, -0.2) is 0 Å². The Bertz CT molecular complexity index is 1040. The van der Waals surface area contributed by atoms with E-state index in [1.165, 1.54) is 12.0 Å². The fourth-order valence-corrected chi connectivity index (χ4v) is 6.79. The molecule has 2 unspecified atom stereocenters. The third-order valence-corrected chi connectivity index (χ3v) is 7.54. The Morgan fingerprint density at radius 1 is 1.00 bits per heavy atom. The van der Waals surface area contributed by atoms with Gasteiger partial charge in [-0.2, -0.15) is 5.26 Å². The largest absolute Gasteiger partial charge is 0.455 e. The van der Waals surface area contributed by atoms with E-state index in [1.54, 1.807) is 24.3 Å². The summed E-state index contributed by atoms with van der Waals surface area (Å²) in [5.41, 5.74) is 1.73. The second-order valence-corrected chi connectivity index (χ2v) is 9.67. The van der Waals surface area contributed by atoms with Crippen LogP contribution in [0.4, 0.5) is 5.69 Å². The van der Waals surface area contributed by atoms with Crippen molar-refractivity contribution < 1.29 is 14.3 Å². The van der Waals surface area contributed by atoms with E-state index in [0.29, 0.717) is 23.1 Å². The number of hydrogen-bond donors (Lipinski definition) is 1. The normalized spacial score (nSPS) is 30.4. The average molecular weight is 415 g/mol. The van der Waals surface area contributed by atoms with Crippen molar-refractivity contribution in [1.82, 2.24) is 0 Å². The summed E-state index contributed by atoms with van der Waals surface area (Å²) in [6.45, 7) is -0.325. The van der Waals surface area contributed by atoms with Gasteiger partial charge in [0.25, 0.3) is 5.91 Å². The number of carbonyl (C=O) groups excluding carboxylic acids is 2. The molecule has 158 valence electrons. The summed E-state index contributed by atoms with van der Waals surface area (Å²) in [7, 11) is 0. The number of anilines is 1. The molecule has 4 atom stereocenters. The number of esters is 1. The SMILES string of the molecule is N#Cc1ccccc1NC(=O)COC(=O)C12C[C@H]3C[C@@H](C1)CC(c1ccccc1)(C3)C2. The Morgan fingerprint density at radius 2 is 1.68 bits per heavy atom. The van der Waals surface area contributed by atoms with Crippen molar-refractivity contribution in [2.24, 2.45) is 17.3 Å². The molecule has 31 heavy (non-hydrogen) atoms. The summed E-state index contributed by atoms with van der Waals surface area (Å²) in [6, 6.07) is 19.5. The van der Waals surface area contributed by atoms with Crippen LogP contribution < -0.4 is 5.32 Å². The molecule has 0 heterocycles. The standard InChI is InChI=1S/C26H26N2O3/c27-15-20-6-4-5-9-22(20)28-23(29)16-31-24(30)26-13-18-10-19(14-26)12-25(11-18,17-26)21-7-2-1-3-8-21/h1-9,18-19H,10-14,16-17H2,(H,28,29)/t18-,19+,25?,26?. The number of benzene rings is 2. The number of nitrogens with zero attached hydrogens (tertiary/aromatic N) is 1. The summed E-state index contributed by atoms with van der Waals surface area (Å²) in [6.07, 6.45) is 6.05. The van der Waals surface area contributed by atoms with Gasteiger partial charge in [0.05, 0.1) is 16.7 Å². The van der Waals surface area contributed by atoms with E-state index in [0.717, 1.165) is 32.1 Å². The van der Waals surface area contributed by atoms with Gasteiger partial charge in [-0.05, 0) is 73.5 Å². The van der Waals surface area contributed by atoms with Crippen molar-refractivity contribution >= 4 is 17.6 Å². The second kappa shape index (κ2) is 7.53. The lowest BCUT2D eigenvalue weighted by atomic mass is 9.43. The first-order chi connectivity index (χ1) is 15.0. The fraction of sp³-hybridized carbons (Fsp3) is 0.423. The van der Waals surface area contributed by atoms with E-state index in [2.05, 4.69) is 35.7 Å². The van der Waals surface area contributed by atoms with Crippen molar-refractivity contribution in [1.29, 1.82) is 5.26 Å². The van der Waals surface area contributed by atoms with Crippen LogP contribution in [0.3, 0.4) is 0 Å². The minimum Gasteiger partial charge on any atom is -0.455 e. The summed E-state index contributed by atoms with van der Waals surface area (Å²) in [4.78, 5) is 25.7. The molecule has 0 saturated heterocycles. The highest BCUT2D eigenvalue weighted by Gasteiger charge is 2.61. The van der Waals surface area contributed by atoms with Crippen molar-refractivity contribution in [3.05, 3.63) is 65.7 Å². The molecule has 6 rings (SSSR count). The van der Waals surface area contributed by atoms with E-state index >= 15 is 0 Å². The van der Waals surface area contributed by atoms with E-state index in [9.17, 15) is 14.9 Å². The predicted octanol–water partition coefficient (Wildman–Crippen LogP) is 4.58. The lowest BCUT2D eigenvalue weighted by Gasteiger charge is -2.61. The van der Waals surface area contributed by atoms with Gasteiger partial charge in [0.15, 0.2) is 6.61 Å². The van der Waals surface area contributed by atoms with Gasteiger partial charge in [0, 0.05) is 0 Å². The molecule has 5 heteroatoms. The minimum atomic E-state index is -0.481. The molecule has 0 aromatic heterocycles. The van der Waals surface area contributed by atoms with E-state index in [4.69, 9.17) is 4.74 Å². The predicted molar refractivity (Wildman–Crippen MR) is 116 cm³/mol. The van der Waals surface area contributed by atoms with Crippen molar-refractivity contribution in [2.75, 3.05) is 11.9 Å². The van der Waals surface area contributed by atoms with Gasteiger partial charge in [0.1, 0.15) is 6.07 Å². The van der Waals surface area contributed by atoms with Crippen LogP contribution in [-0.2, 0) is 19.7 Å². The number of ether oxygens (including phenoxy) is 1. The quantitative estimate of drug-likeness (QED) is 0.727. The number of hydrogen-bond acceptors (Lipinski definition) is 4. The maximum absolute atomic E-state index is 13.3. The summed E-state index contributed by atoms with van der Waals surface area (Å²) >= 11 is 0. The number of carbonyl (C=O) groups is 2. The highest BCUT2D eigenvalue weighted by Crippen LogP contribution is 2.66. The average Bonchev–Trinajstić information content (AvgIpc) is 2.77. The van der Waals surface area contributed by atoms with Crippen molar-refractivity contribution in [3.8, 4) is 6.07 Å². The molecular formula is C26H26N2O3. The maximum atomic E-state index is 13.3. The van der Waals surface area contributed by atoms with Crippen LogP contribution in [0.15, 0.2) is 54.6 Å². The fourth-order valence-electron chi connectivity index (χ4n) is 6.79. The number of rotatable bonds is 5. The molecule has 0 spiro atoms. The van der Waals surface area contributed by atoms with E-state index in [-0.39, 0.29) is 18.0 Å². The third kappa shape index (κ3) is 3.50. The molecule has 0 radical (unpaired) electrons. The van der Waals surface area contributed by atoms with Gasteiger partial charge >= 0.3 is 5.97 Å². The Balaban J connectivity index is 1.29. The molecule has 1 N–H and O–H groups in total. The highest BCUT2D eigenvalue weighted by molar-refractivity contribution is 5.94. The first kappa shape index (κ1) is 19.8. The maximum Gasteiger partial charge on any atom is 0.312 e. The Labute approximate surface area is 182 Å². The van der Waals surface area contributed by atoms with Crippen LogP contribution in [-0.4, -0.2) is 18.5 Å². The Kier molecular flexibility index (Phi) is 4.81. The summed E-state index contributed by atoms with van der Waals surface area (Å²) in [5.74, 6) is 0.444. The van der Waals surface area contributed by atoms with Gasteiger partial charge in [0.2, 0.25) is 0 Å². The monoisotopic (exact) mass is 414 g/mol. The minimum absolute atomic E-state index is 0.0539. The lowest BCUT2D eigenvalue weighted by molar-refractivity contribution is -0.175. The summed E-state index contributed by atoms with van der Waals surface area (Å²) < 4.78 is 5.58. The molecule has 2 aromatic rings. The number of para-hydroxylation sites is 1. The Morgan fingerprint density at radius 3 is 2.39 bits per heavy atom. The zero-order valence-electron chi connectivity index (χ0n) is 17.5. The highest BCUT2D eigenvalue weighted by atomic mass is 16.5. The van der Waals surface area contributed by atoms with Gasteiger partial charge in [-0.1, -0.05) is 42.5 Å². The van der Waals surface area contributed by atoms with Crippen LogP contribution >= 0.6 is 0 Å². The molecular weight excluding hydrogens is 388 g/mol. The lowest BCUT2D eigenvalue weighted by Crippen LogP contribution is -2.57. The first-order valence-corrected chi connectivity index (χ1v) is 11.0. The smallest absolute Gasteiger partial charge is 0.312 e. The molecule has 0 aliphatic heterocycles. The van der Waals surface area contributed by atoms with Crippen LogP contribution in [0, 0.1) is 28.6 Å². The molecule has 1 amide bonds. The molecule has 5 nitrogen and oxygen atoms in total. The molecule has 2 aromatic carbocycles. The van der Waals surface area contributed by atoms with Crippen molar-refractivity contribution in [2.45, 2.75) is 43.9 Å². The number of nitriles is 1. The van der Waals surface area contributed by atoms with Crippen LogP contribution in [0.2, 0.25) is 0 Å². The van der Waals surface area contributed by atoms with E-state index < -0.39 is 11.3 Å².